The number of rotatable bonds is 8. The highest BCUT2D eigenvalue weighted by molar-refractivity contribution is 5.95. The van der Waals surface area contributed by atoms with Gasteiger partial charge in [-0.15, -0.1) is 0 Å². The molecule has 2 aromatic heterocycles. The number of aryl methyl sites for hydroxylation is 2. The lowest BCUT2D eigenvalue weighted by atomic mass is 10.2. The Hall–Kier alpha value is -3.42. The number of nitrogens with zero attached hydrogens (tertiary/aromatic N) is 3. The summed E-state index contributed by atoms with van der Waals surface area (Å²) in [6, 6.07) is 9.18. The summed E-state index contributed by atoms with van der Waals surface area (Å²) in [7, 11) is 0. The van der Waals surface area contributed by atoms with E-state index >= 15 is 0 Å². The zero-order chi connectivity index (χ0) is 20.1. The summed E-state index contributed by atoms with van der Waals surface area (Å²) in [4.78, 5) is 27.3. The van der Waals surface area contributed by atoms with Crippen LogP contribution in [0.25, 0.3) is 5.65 Å². The number of hydrogen-bond donors (Lipinski definition) is 2. The van der Waals surface area contributed by atoms with Crippen LogP contribution < -0.4 is 10.1 Å². The number of aliphatic carboxylic acids is 1. The Morgan fingerprint density at radius 3 is 2.68 bits per heavy atom. The maximum atomic E-state index is 12.5. The molecule has 8 nitrogen and oxygen atoms in total. The summed E-state index contributed by atoms with van der Waals surface area (Å²) in [6.45, 7) is 4.44. The van der Waals surface area contributed by atoms with Gasteiger partial charge in [-0.25, -0.2) is 9.50 Å². The first-order chi connectivity index (χ1) is 13.4. The van der Waals surface area contributed by atoms with E-state index in [-0.39, 0.29) is 12.3 Å². The second kappa shape index (κ2) is 8.51. The van der Waals surface area contributed by atoms with Gasteiger partial charge in [0.05, 0.1) is 23.6 Å². The number of carboxylic acids is 1. The van der Waals surface area contributed by atoms with Gasteiger partial charge in [-0.2, -0.15) is 5.10 Å². The Labute approximate surface area is 162 Å². The quantitative estimate of drug-likeness (QED) is 0.580. The van der Waals surface area contributed by atoms with Crippen LogP contribution in [0.2, 0.25) is 0 Å². The Kier molecular flexibility index (Phi) is 5.88. The standard InChI is InChI=1S/C20H22N4O4/c1-13-10-18-21-12-17(14(2)24(18)23-13)20(27)22-11-15-5-7-16(8-6-15)28-9-3-4-19(25)26/h5-8,10,12H,3-4,9,11H2,1-2H3,(H,22,27)(H,25,26). The number of carbonyl (C=O) groups excluding carboxylic acids is 1. The second-order valence-electron chi connectivity index (χ2n) is 6.49. The van der Waals surface area contributed by atoms with Crippen molar-refractivity contribution in [2.24, 2.45) is 0 Å². The third-order valence-electron chi connectivity index (χ3n) is 4.27. The van der Waals surface area contributed by atoms with Crippen LogP contribution >= 0.6 is 0 Å². The van der Waals surface area contributed by atoms with Gasteiger partial charge in [0.15, 0.2) is 5.65 Å². The maximum Gasteiger partial charge on any atom is 0.303 e. The van der Waals surface area contributed by atoms with E-state index in [1.807, 2.05) is 32.0 Å². The number of aromatic nitrogens is 3. The highest BCUT2D eigenvalue weighted by atomic mass is 16.5. The fraction of sp³-hybridized carbons (Fsp3) is 0.300. The molecule has 2 heterocycles. The van der Waals surface area contributed by atoms with Crippen molar-refractivity contribution in [3.05, 3.63) is 59.0 Å². The zero-order valence-electron chi connectivity index (χ0n) is 15.8. The van der Waals surface area contributed by atoms with Gasteiger partial charge in [-0.05, 0) is 38.0 Å². The van der Waals surface area contributed by atoms with Crippen LogP contribution in [0.3, 0.4) is 0 Å². The fourth-order valence-corrected chi connectivity index (χ4v) is 2.78. The molecule has 0 bridgehead atoms. The number of benzene rings is 1. The predicted octanol–water partition coefficient (Wildman–Crippen LogP) is 2.52. The average molecular weight is 382 g/mol. The summed E-state index contributed by atoms with van der Waals surface area (Å²) in [5.74, 6) is -0.379. The van der Waals surface area contributed by atoms with E-state index < -0.39 is 5.97 Å². The third-order valence-corrected chi connectivity index (χ3v) is 4.27. The number of carbonyl (C=O) groups is 2. The van der Waals surface area contributed by atoms with Gasteiger partial charge < -0.3 is 15.2 Å². The van der Waals surface area contributed by atoms with Gasteiger partial charge in [0, 0.05) is 25.2 Å². The largest absolute Gasteiger partial charge is 0.494 e. The topological polar surface area (TPSA) is 106 Å². The number of hydrogen-bond acceptors (Lipinski definition) is 5. The molecule has 0 fully saturated rings. The van der Waals surface area contributed by atoms with Crippen molar-refractivity contribution in [1.29, 1.82) is 0 Å². The third kappa shape index (κ3) is 4.64. The normalized spacial score (nSPS) is 10.8. The van der Waals surface area contributed by atoms with E-state index in [0.29, 0.717) is 36.5 Å². The molecule has 0 spiro atoms. The van der Waals surface area contributed by atoms with Crippen molar-refractivity contribution in [3.8, 4) is 5.75 Å². The van der Waals surface area contributed by atoms with E-state index in [4.69, 9.17) is 9.84 Å². The number of nitrogens with one attached hydrogen (secondary N) is 1. The molecule has 0 aliphatic carbocycles. The van der Waals surface area contributed by atoms with E-state index in [0.717, 1.165) is 17.0 Å². The van der Waals surface area contributed by atoms with Gasteiger partial charge in [-0.1, -0.05) is 12.1 Å². The molecule has 0 saturated heterocycles. The minimum absolute atomic E-state index is 0.0856. The molecule has 146 valence electrons. The molecule has 1 aromatic carbocycles. The van der Waals surface area contributed by atoms with Crippen molar-refractivity contribution in [3.63, 3.8) is 0 Å². The lowest BCUT2D eigenvalue weighted by Crippen LogP contribution is -2.24. The molecule has 0 radical (unpaired) electrons. The van der Waals surface area contributed by atoms with Crippen LogP contribution in [-0.4, -0.2) is 38.2 Å². The van der Waals surface area contributed by atoms with Crippen LogP contribution in [0.15, 0.2) is 36.5 Å². The molecule has 0 unspecified atom stereocenters. The lowest BCUT2D eigenvalue weighted by molar-refractivity contribution is -0.137. The Balaban J connectivity index is 1.56. The summed E-state index contributed by atoms with van der Waals surface area (Å²) in [5, 5.41) is 15.8. The zero-order valence-corrected chi connectivity index (χ0v) is 15.8. The molecule has 2 N–H and O–H groups in total. The van der Waals surface area contributed by atoms with Crippen molar-refractivity contribution in [1.82, 2.24) is 19.9 Å². The molecule has 3 aromatic rings. The average Bonchev–Trinajstić information content (AvgIpc) is 3.06. The highest BCUT2D eigenvalue weighted by Crippen LogP contribution is 2.14. The first kappa shape index (κ1) is 19.3. The molecule has 3 rings (SSSR count). The molecule has 0 saturated carbocycles. The minimum Gasteiger partial charge on any atom is -0.494 e. The predicted molar refractivity (Wildman–Crippen MR) is 102 cm³/mol. The first-order valence-corrected chi connectivity index (χ1v) is 8.98. The summed E-state index contributed by atoms with van der Waals surface area (Å²) in [6.07, 6.45) is 2.11. The Morgan fingerprint density at radius 2 is 1.96 bits per heavy atom. The molecular formula is C20H22N4O4. The smallest absolute Gasteiger partial charge is 0.303 e. The molecule has 28 heavy (non-hydrogen) atoms. The molecule has 0 aliphatic heterocycles. The monoisotopic (exact) mass is 382 g/mol. The van der Waals surface area contributed by atoms with E-state index in [1.54, 1.807) is 22.8 Å². The number of carboxylic acid groups (broad SMARTS) is 1. The first-order valence-electron chi connectivity index (χ1n) is 8.98. The summed E-state index contributed by atoms with van der Waals surface area (Å²) < 4.78 is 7.16. The van der Waals surface area contributed by atoms with Crippen LogP contribution in [-0.2, 0) is 11.3 Å². The van der Waals surface area contributed by atoms with Crippen LogP contribution in [0.5, 0.6) is 5.75 Å². The van der Waals surface area contributed by atoms with Gasteiger partial charge in [0.25, 0.3) is 5.91 Å². The van der Waals surface area contributed by atoms with Crippen LogP contribution in [0, 0.1) is 13.8 Å². The molecular weight excluding hydrogens is 360 g/mol. The van der Waals surface area contributed by atoms with Gasteiger partial charge >= 0.3 is 5.97 Å². The molecule has 1 amide bonds. The van der Waals surface area contributed by atoms with Crippen molar-refractivity contribution < 1.29 is 19.4 Å². The van der Waals surface area contributed by atoms with E-state index in [2.05, 4.69) is 15.4 Å². The fourth-order valence-electron chi connectivity index (χ4n) is 2.78. The summed E-state index contributed by atoms with van der Waals surface area (Å²) in [5.41, 5.74) is 3.70. The van der Waals surface area contributed by atoms with Crippen LogP contribution in [0.4, 0.5) is 0 Å². The van der Waals surface area contributed by atoms with Crippen LogP contribution in [0.1, 0.15) is 40.2 Å². The van der Waals surface area contributed by atoms with Crippen molar-refractivity contribution in [2.75, 3.05) is 6.61 Å². The summed E-state index contributed by atoms with van der Waals surface area (Å²) >= 11 is 0. The maximum absolute atomic E-state index is 12.5. The highest BCUT2D eigenvalue weighted by Gasteiger charge is 2.13. The molecule has 0 aliphatic rings. The SMILES string of the molecule is Cc1cc2ncc(C(=O)NCc3ccc(OCCCC(=O)O)cc3)c(C)n2n1. The van der Waals surface area contributed by atoms with Gasteiger partial charge in [0.1, 0.15) is 5.75 Å². The van der Waals surface area contributed by atoms with Crippen molar-refractivity contribution in [2.45, 2.75) is 33.2 Å². The molecule has 0 atom stereocenters. The Morgan fingerprint density at radius 1 is 1.21 bits per heavy atom. The second-order valence-corrected chi connectivity index (χ2v) is 6.49. The number of amides is 1. The molecule has 8 heteroatoms. The number of fused-ring (bicyclic) bond motifs is 1. The van der Waals surface area contributed by atoms with E-state index in [9.17, 15) is 9.59 Å². The minimum atomic E-state index is -0.832. The van der Waals surface area contributed by atoms with Crippen molar-refractivity contribution >= 4 is 17.5 Å². The number of ether oxygens (including phenoxy) is 1. The van der Waals surface area contributed by atoms with Gasteiger partial charge in [0.2, 0.25) is 0 Å². The Bertz CT molecular complexity index is 995. The lowest BCUT2D eigenvalue weighted by Gasteiger charge is -2.10. The van der Waals surface area contributed by atoms with E-state index in [1.165, 1.54) is 0 Å². The van der Waals surface area contributed by atoms with Gasteiger partial charge in [-0.3, -0.25) is 9.59 Å².